The molecule has 0 spiro atoms. The zero-order valence-electron chi connectivity index (χ0n) is 13.7. The van der Waals surface area contributed by atoms with Gasteiger partial charge < -0.3 is 5.32 Å². The van der Waals surface area contributed by atoms with Gasteiger partial charge >= 0.3 is 0 Å². The van der Waals surface area contributed by atoms with Crippen molar-refractivity contribution in [2.75, 3.05) is 18.4 Å². The van der Waals surface area contributed by atoms with Crippen molar-refractivity contribution in [2.45, 2.75) is 24.0 Å². The summed E-state index contributed by atoms with van der Waals surface area (Å²) in [6.07, 6.45) is 1.76. The van der Waals surface area contributed by atoms with Crippen molar-refractivity contribution in [3.8, 4) is 6.07 Å². The predicted octanol–water partition coefficient (Wildman–Crippen LogP) is 2.97. The number of hydrogen-bond donors (Lipinski definition) is 1. The Morgan fingerprint density at radius 3 is 2.48 bits per heavy atom. The van der Waals surface area contributed by atoms with E-state index in [0.29, 0.717) is 29.9 Å². The quantitative estimate of drug-likeness (QED) is 0.889. The van der Waals surface area contributed by atoms with Crippen LogP contribution >= 0.6 is 11.3 Å². The molecule has 2 heterocycles. The normalized spacial score (nSPS) is 15.0. The van der Waals surface area contributed by atoms with Gasteiger partial charge in [-0.2, -0.15) is 9.57 Å². The van der Waals surface area contributed by atoms with Crippen LogP contribution in [0.25, 0.3) is 0 Å². The Balaban J connectivity index is 1.80. The first-order valence-electron chi connectivity index (χ1n) is 7.84. The second-order valence-electron chi connectivity index (χ2n) is 5.79. The van der Waals surface area contributed by atoms with Gasteiger partial charge in [0.25, 0.3) is 15.9 Å². The lowest BCUT2D eigenvalue weighted by atomic mass is 10.1. The maximum Gasteiger partial charge on any atom is 0.255 e. The Bertz CT molecular complexity index is 935. The fourth-order valence-electron chi connectivity index (χ4n) is 2.65. The summed E-state index contributed by atoms with van der Waals surface area (Å²) in [5, 5.41) is 11.6. The molecule has 0 unspecified atom stereocenters. The molecule has 0 aliphatic carbocycles. The first-order chi connectivity index (χ1) is 11.9. The van der Waals surface area contributed by atoms with Gasteiger partial charge in [-0.25, -0.2) is 8.42 Å². The summed E-state index contributed by atoms with van der Waals surface area (Å²) in [6.45, 7) is 2.88. The first kappa shape index (κ1) is 17.6. The Hall–Kier alpha value is -2.21. The minimum Gasteiger partial charge on any atom is -0.321 e. The molecule has 0 saturated carbocycles. The van der Waals surface area contributed by atoms with Gasteiger partial charge in [-0.1, -0.05) is 0 Å². The molecule has 1 aromatic heterocycles. The standard InChI is InChI=1S/C17H17N3O3S2/c1-12-15(19-17(21)14-6-4-13(11-18)5-7-14)10-16(24-12)25(22,23)20-8-2-3-9-20/h4-7,10H,2-3,8-9H2,1H3,(H,19,21). The Morgan fingerprint density at radius 2 is 1.88 bits per heavy atom. The van der Waals surface area contributed by atoms with Crippen molar-refractivity contribution in [2.24, 2.45) is 0 Å². The van der Waals surface area contributed by atoms with Gasteiger partial charge in [0.15, 0.2) is 0 Å². The van der Waals surface area contributed by atoms with Crippen molar-refractivity contribution >= 4 is 33.0 Å². The van der Waals surface area contributed by atoms with Crippen molar-refractivity contribution in [1.29, 1.82) is 5.26 Å². The predicted molar refractivity (Wildman–Crippen MR) is 96.2 cm³/mol. The van der Waals surface area contributed by atoms with E-state index in [4.69, 9.17) is 5.26 Å². The van der Waals surface area contributed by atoms with Crippen LogP contribution < -0.4 is 5.32 Å². The molecule has 1 aliphatic rings. The van der Waals surface area contributed by atoms with Crippen LogP contribution in [0, 0.1) is 18.3 Å². The largest absolute Gasteiger partial charge is 0.321 e. The number of nitriles is 1. The molecule has 1 aliphatic heterocycles. The highest BCUT2D eigenvalue weighted by Gasteiger charge is 2.29. The van der Waals surface area contributed by atoms with Crippen LogP contribution in [0.1, 0.15) is 33.6 Å². The molecular weight excluding hydrogens is 358 g/mol. The number of aryl methyl sites for hydroxylation is 1. The first-order valence-corrected chi connectivity index (χ1v) is 10.1. The van der Waals surface area contributed by atoms with Crippen LogP contribution in [0.2, 0.25) is 0 Å². The van der Waals surface area contributed by atoms with Gasteiger partial charge in [0.2, 0.25) is 0 Å². The molecule has 130 valence electrons. The lowest BCUT2D eigenvalue weighted by molar-refractivity contribution is 0.102. The van der Waals surface area contributed by atoms with E-state index >= 15 is 0 Å². The average molecular weight is 375 g/mol. The molecule has 1 aromatic carbocycles. The van der Waals surface area contributed by atoms with Crippen LogP contribution in [-0.2, 0) is 10.0 Å². The van der Waals surface area contributed by atoms with E-state index in [-0.39, 0.29) is 10.1 Å². The van der Waals surface area contributed by atoms with E-state index in [1.807, 2.05) is 6.07 Å². The number of carbonyl (C=O) groups excluding carboxylic acids is 1. The second kappa shape index (κ2) is 6.96. The molecule has 3 rings (SSSR count). The SMILES string of the molecule is Cc1sc(S(=O)(=O)N2CCCC2)cc1NC(=O)c1ccc(C#N)cc1. The highest BCUT2D eigenvalue weighted by molar-refractivity contribution is 7.91. The Labute approximate surface area is 150 Å². The van der Waals surface area contributed by atoms with Crippen molar-refractivity contribution in [3.63, 3.8) is 0 Å². The summed E-state index contributed by atoms with van der Waals surface area (Å²) >= 11 is 1.16. The summed E-state index contributed by atoms with van der Waals surface area (Å²) < 4.78 is 27.0. The molecule has 8 heteroatoms. The molecule has 1 amide bonds. The number of hydrogen-bond acceptors (Lipinski definition) is 5. The summed E-state index contributed by atoms with van der Waals surface area (Å²) in [6, 6.07) is 9.79. The van der Waals surface area contributed by atoms with Crippen LogP contribution in [0.4, 0.5) is 5.69 Å². The highest BCUT2D eigenvalue weighted by Crippen LogP contribution is 2.33. The van der Waals surface area contributed by atoms with Gasteiger partial charge in [0.05, 0.1) is 17.3 Å². The number of rotatable bonds is 4. The second-order valence-corrected chi connectivity index (χ2v) is 9.21. The number of carbonyl (C=O) groups is 1. The van der Waals surface area contributed by atoms with E-state index in [9.17, 15) is 13.2 Å². The van der Waals surface area contributed by atoms with Gasteiger partial charge in [-0.15, -0.1) is 11.3 Å². The maximum atomic E-state index is 12.6. The minimum absolute atomic E-state index is 0.252. The smallest absolute Gasteiger partial charge is 0.255 e. The van der Waals surface area contributed by atoms with Crippen molar-refractivity contribution in [1.82, 2.24) is 4.31 Å². The molecule has 0 atom stereocenters. The Kier molecular flexibility index (Phi) is 4.90. The van der Waals surface area contributed by atoms with Gasteiger partial charge in [0, 0.05) is 23.5 Å². The molecule has 0 radical (unpaired) electrons. The van der Waals surface area contributed by atoms with Crippen molar-refractivity contribution in [3.05, 3.63) is 46.3 Å². The fourth-order valence-corrected chi connectivity index (χ4v) is 5.72. The minimum atomic E-state index is -3.49. The molecule has 25 heavy (non-hydrogen) atoms. The highest BCUT2D eigenvalue weighted by atomic mass is 32.2. The zero-order valence-corrected chi connectivity index (χ0v) is 15.3. The fraction of sp³-hybridized carbons (Fsp3) is 0.294. The maximum absolute atomic E-state index is 12.6. The molecule has 1 saturated heterocycles. The summed E-state index contributed by atoms with van der Waals surface area (Å²) in [7, 11) is -3.49. The number of amides is 1. The number of benzene rings is 1. The van der Waals surface area contributed by atoms with Crippen LogP contribution in [-0.4, -0.2) is 31.7 Å². The van der Waals surface area contributed by atoms with Crippen LogP contribution in [0.5, 0.6) is 0 Å². The third kappa shape index (κ3) is 3.58. The lowest BCUT2D eigenvalue weighted by Gasteiger charge is -2.13. The Morgan fingerprint density at radius 1 is 1.24 bits per heavy atom. The number of anilines is 1. The molecular formula is C17H17N3O3S2. The van der Waals surface area contributed by atoms with Gasteiger partial charge in [-0.05, 0) is 50.1 Å². The number of nitrogens with one attached hydrogen (secondary N) is 1. The summed E-state index contributed by atoms with van der Waals surface area (Å²) in [5.41, 5.74) is 1.38. The number of thiophene rings is 1. The molecule has 1 fully saturated rings. The summed E-state index contributed by atoms with van der Waals surface area (Å²) in [5.74, 6) is -0.337. The van der Waals surface area contributed by atoms with E-state index in [1.54, 1.807) is 31.2 Å². The lowest BCUT2D eigenvalue weighted by Crippen LogP contribution is -2.27. The van der Waals surface area contributed by atoms with E-state index in [0.717, 1.165) is 29.1 Å². The summed E-state index contributed by atoms with van der Waals surface area (Å²) in [4.78, 5) is 13.1. The number of sulfonamides is 1. The zero-order chi connectivity index (χ0) is 18.0. The van der Waals surface area contributed by atoms with Gasteiger partial charge in [0.1, 0.15) is 4.21 Å². The van der Waals surface area contributed by atoms with E-state index in [1.165, 1.54) is 10.4 Å². The molecule has 1 N–H and O–H groups in total. The van der Waals surface area contributed by atoms with Crippen LogP contribution in [0.3, 0.4) is 0 Å². The monoisotopic (exact) mass is 375 g/mol. The molecule has 6 nitrogen and oxygen atoms in total. The molecule has 0 bridgehead atoms. The van der Waals surface area contributed by atoms with Crippen molar-refractivity contribution < 1.29 is 13.2 Å². The van der Waals surface area contributed by atoms with Gasteiger partial charge in [-0.3, -0.25) is 4.79 Å². The number of nitrogens with zero attached hydrogens (tertiary/aromatic N) is 2. The van der Waals surface area contributed by atoms with E-state index in [2.05, 4.69) is 5.32 Å². The third-order valence-electron chi connectivity index (χ3n) is 4.08. The average Bonchev–Trinajstić information content (AvgIpc) is 3.26. The topological polar surface area (TPSA) is 90.3 Å². The van der Waals surface area contributed by atoms with Crippen LogP contribution in [0.15, 0.2) is 34.5 Å². The van der Waals surface area contributed by atoms with E-state index < -0.39 is 10.0 Å². The third-order valence-corrected chi connectivity index (χ3v) is 7.48. The molecule has 2 aromatic rings.